The fourth-order valence-corrected chi connectivity index (χ4v) is 4.98. The van der Waals surface area contributed by atoms with Crippen LogP contribution in [0.4, 0.5) is 10.2 Å². The van der Waals surface area contributed by atoms with Crippen molar-refractivity contribution in [1.82, 2.24) is 14.5 Å². The maximum Gasteiger partial charge on any atom is 0.212 e. The summed E-state index contributed by atoms with van der Waals surface area (Å²) in [5, 5.41) is 0. The largest absolute Gasteiger partial charge is 0.384 e. The van der Waals surface area contributed by atoms with Gasteiger partial charge in [0.05, 0.1) is 15.9 Å². The van der Waals surface area contributed by atoms with Gasteiger partial charge in [-0.15, -0.1) is 0 Å². The number of hydrogen-bond donors (Lipinski definition) is 1. The van der Waals surface area contributed by atoms with Crippen LogP contribution in [0.3, 0.4) is 0 Å². The van der Waals surface area contributed by atoms with Gasteiger partial charge >= 0.3 is 0 Å². The highest BCUT2D eigenvalue weighted by Gasteiger charge is 2.30. The van der Waals surface area contributed by atoms with Gasteiger partial charge in [-0.2, -0.15) is 0 Å². The van der Waals surface area contributed by atoms with Crippen molar-refractivity contribution in [2.24, 2.45) is 0 Å². The van der Waals surface area contributed by atoms with Gasteiger partial charge in [-0.25, -0.2) is 22.8 Å². The van der Waals surface area contributed by atoms with Crippen LogP contribution in [-0.2, 0) is 9.84 Å². The topological polar surface area (TPSA) is 90.9 Å². The van der Waals surface area contributed by atoms with E-state index in [4.69, 9.17) is 5.73 Å². The third-order valence-electron chi connectivity index (χ3n) is 4.86. The van der Waals surface area contributed by atoms with Crippen molar-refractivity contribution in [1.29, 1.82) is 0 Å². The third-order valence-corrected chi connectivity index (χ3v) is 6.69. The summed E-state index contributed by atoms with van der Waals surface area (Å²) in [6.45, 7) is 0. The second-order valence-corrected chi connectivity index (χ2v) is 8.61. The third kappa shape index (κ3) is 2.73. The highest BCUT2D eigenvalue weighted by molar-refractivity contribution is 7.92. The number of anilines is 1. The molecule has 2 N–H and O–H groups in total. The lowest BCUT2D eigenvalue weighted by Crippen LogP contribution is -2.07. The zero-order valence-electron chi connectivity index (χ0n) is 15.5. The Labute approximate surface area is 171 Å². The number of sulfone groups is 1. The maximum atomic E-state index is 13.5. The minimum absolute atomic E-state index is 0.0317. The zero-order chi connectivity index (χ0) is 20.9. The molecule has 0 aliphatic rings. The highest BCUT2D eigenvalue weighted by Crippen LogP contribution is 2.37. The molecule has 2 aromatic heterocycles. The van der Waals surface area contributed by atoms with Crippen LogP contribution in [0.5, 0.6) is 0 Å². The first kappa shape index (κ1) is 18.3. The fourth-order valence-electron chi connectivity index (χ4n) is 3.47. The summed E-state index contributed by atoms with van der Waals surface area (Å²) in [6.07, 6.45) is 0. The number of hydrogen-bond acceptors (Lipinski definition) is 5. The molecule has 0 saturated carbocycles. The van der Waals surface area contributed by atoms with Crippen molar-refractivity contribution < 1.29 is 12.8 Å². The first-order valence-electron chi connectivity index (χ1n) is 9.09. The summed E-state index contributed by atoms with van der Waals surface area (Å²) >= 11 is 0. The van der Waals surface area contributed by atoms with E-state index in [0.29, 0.717) is 16.7 Å². The molecule has 0 aliphatic carbocycles. The standard InChI is InChI=1S/C22H15FN4O2S/c23-14-10-12-15(13-11-14)27-21(24)20(30(28,29)16-6-2-1-3-7-16)19-22(27)26-18-9-5-4-8-17(18)25-19/h1-13H,24H2. The van der Waals surface area contributed by atoms with Crippen LogP contribution in [0.15, 0.2) is 88.7 Å². The predicted molar refractivity (Wildman–Crippen MR) is 113 cm³/mol. The first-order chi connectivity index (χ1) is 14.5. The maximum absolute atomic E-state index is 13.5. The fraction of sp³-hybridized carbons (Fsp3) is 0. The van der Waals surface area contributed by atoms with Crippen LogP contribution in [0.1, 0.15) is 0 Å². The van der Waals surface area contributed by atoms with E-state index < -0.39 is 15.7 Å². The van der Waals surface area contributed by atoms with Crippen molar-refractivity contribution in [2.45, 2.75) is 9.79 Å². The van der Waals surface area contributed by atoms with Crippen molar-refractivity contribution >= 4 is 37.9 Å². The Morgan fingerprint density at radius 1 is 0.800 bits per heavy atom. The summed E-state index contributed by atoms with van der Waals surface area (Å²) in [7, 11) is -3.98. The number of benzene rings is 3. The molecule has 0 bridgehead atoms. The van der Waals surface area contributed by atoms with Crippen LogP contribution < -0.4 is 5.73 Å². The molecule has 6 nitrogen and oxygen atoms in total. The van der Waals surface area contributed by atoms with Gasteiger partial charge in [0.1, 0.15) is 22.0 Å². The second kappa shape index (κ2) is 6.64. The van der Waals surface area contributed by atoms with Crippen LogP contribution in [0, 0.1) is 5.82 Å². The number of fused-ring (bicyclic) bond motifs is 2. The molecule has 0 fully saturated rings. The van der Waals surface area contributed by atoms with Crippen LogP contribution >= 0.6 is 0 Å². The minimum Gasteiger partial charge on any atom is -0.384 e. The molecule has 0 spiro atoms. The lowest BCUT2D eigenvalue weighted by molar-refractivity contribution is 0.597. The van der Waals surface area contributed by atoms with Crippen LogP contribution in [-0.4, -0.2) is 23.0 Å². The average molecular weight is 418 g/mol. The van der Waals surface area contributed by atoms with Crippen molar-refractivity contribution in [3.05, 3.63) is 84.7 Å². The minimum atomic E-state index is -3.98. The molecule has 0 radical (unpaired) electrons. The SMILES string of the molecule is Nc1c(S(=O)(=O)c2ccccc2)c2nc3ccccc3nc2n1-c1ccc(F)cc1. The predicted octanol–water partition coefficient (Wildman–Crippen LogP) is 4.13. The van der Waals surface area contributed by atoms with Gasteiger partial charge in [0.2, 0.25) is 9.84 Å². The van der Waals surface area contributed by atoms with Crippen molar-refractivity contribution in [3.8, 4) is 5.69 Å². The Bertz CT molecular complexity index is 1510. The molecular weight excluding hydrogens is 403 g/mol. The van der Waals surface area contributed by atoms with Gasteiger partial charge in [0.15, 0.2) is 5.65 Å². The lowest BCUT2D eigenvalue weighted by atomic mass is 10.3. The molecule has 3 aromatic carbocycles. The number of para-hydroxylation sites is 2. The number of nitrogens with zero attached hydrogens (tertiary/aromatic N) is 3. The molecule has 0 saturated heterocycles. The van der Waals surface area contributed by atoms with E-state index in [0.717, 1.165) is 0 Å². The van der Waals surface area contributed by atoms with Gasteiger partial charge in [-0.3, -0.25) is 4.57 Å². The molecule has 0 unspecified atom stereocenters. The number of rotatable bonds is 3. The van der Waals surface area contributed by atoms with E-state index in [2.05, 4.69) is 9.97 Å². The summed E-state index contributed by atoms with van der Waals surface area (Å²) in [6, 6.07) is 20.8. The smallest absolute Gasteiger partial charge is 0.212 e. The molecule has 2 heterocycles. The van der Waals surface area contributed by atoms with Gasteiger partial charge in [-0.05, 0) is 48.5 Å². The highest BCUT2D eigenvalue weighted by atomic mass is 32.2. The molecule has 5 rings (SSSR count). The number of halogens is 1. The van der Waals surface area contributed by atoms with Crippen molar-refractivity contribution in [3.63, 3.8) is 0 Å². The Balaban J connectivity index is 1.92. The second-order valence-electron chi connectivity index (χ2n) is 6.73. The number of nitrogens with two attached hydrogens (primary N) is 1. The van der Waals surface area contributed by atoms with E-state index in [-0.39, 0.29) is 26.8 Å². The normalized spacial score (nSPS) is 11.9. The molecule has 0 aliphatic heterocycles. The summed E-state index contributed by atoms with van der Waals surface area (Å²) in [5.41, 5.74) is 8.46. The van der Waals surface area contributed by atoms with E-state index in [1.54, 1.807) is 36.4 Å². The molecule has 148 valence electrons. The zero-order valence-corrected chi connectivity index (χ0v) is 16.3. The van der Waals surface area contributed by atoms with Gasteiger partial charge in [0, 0.05) is 5.69 Å². The van der Waals surface area contributed by atoms with Crippen LogP contribution in [0.25, 0.3) is 27.9 Å². The molecule has 5 aromatic rings. The molecule has 30 heavy (non-hydrogen) atoms. The van der Waals surface area contributed by atoms with Gasteiger partial charge < -0.3 is 5.73 Å². The molecule has 8 heteroatoms. The number of nitrogen functional groups attached to an aromatic ring is 1. The van der Waals surface area contributed by atoms with E-state index in [1.165, 1.54) is 41.0 Å². The van der Waals surface area contributed by atoms with Crippen LogP contribution in [0.2, 0.25) is 0 Å². The number of aromatic nitrogens is 3. The Morgan fingerprint density at radius 3 is 2.07 bits per heavy atom. The van der Waals surface area contributed by atoms with E-state index in [1.807, 2.05) is 6.07 Å². The van der Waals surface area contributed by atoms with E-state index >= 15 is 0 Å². The monoisotopic (exact) mass is 418 g/mol. The Hall–Kier alpha value is -3.78. The summed E-state index contributed by atoms with van der Waals surface area (Å²) < 4.78 is 41.9. The summed E-state index contributed by atoms with van der Waals surface area (Å²) in [5.74, 6) is -0.446. The molecule has 0 amide bonds. The average Bonchev–Trinajstić information content (AvgIpc) is 3.04. The lowest BCUT2D eigenvalue weighted by Gasteiger charge is -2.08. The van der Waals surface area contributed by atoms with E-state index in [9.17, 15) is 12.8 Å². The Kier molecular flexibility index (Phi) is 4.04. The molecule has 0 atom stereocenters. The van der Waals surface area contributed by atoms with Gasteiger partial charge in [0.25, 0.3) is 0 Å². The quantitative estimate of drug-likeness (QED) is 0.476. The summed E-state index contributed by atoms with van der Waals surface area (Å²) in [4.78, 5) is 9.19. The Morgan fingerprint density at radius 2 is 1.40 bits per heavy atom. The van der Waals surface area contributed by atoms with Crippen molar-refractivity contribution in [2.75, 3.05) is 5.73 Å². The molecular formula is C22H15FN4O2S. The first-order valence-corrected chi connectivity index (χ1v) is 10.6. The van der Waals surface area contributed by atoms with Gasteiger partial charge in [-0.1, -0.05) is 30.3 Å².